The van der Waals surface area contributed by atoms with Gasteiger partial charge in [-0.2, -0.15) is 0 Å². The van der Waals surface area contributed by atoms with Gasteiger partial charge in [-0.25, -0.2) is 4.79 Å². The van der Waals surface area contributed by atoms with E-state index in [0.717, 1.165) is 51.4 Å². The summed E-state index contributed by atoms with van der Waals surface area (Å²) in [6.07, 6.45) is 0.869. The Bertz CT molecular complexity index is 863. The Labute approximate surface area is 184 Å². The van der Waals surface area contributed by atoms with E-state index in [2.05, 4.69) is 62.9 Å². The average molecular weight is 422 g/mol. The molecule has 164 valence electrons. The van der Waals surface area contributed by atoms with E-state index in [0.29, 0.717) is 13.1 Å². The number of rotatable bonds is 7. The van der Waals surface area contributed by atoms with E-state index in [-0.39, 0.29) is 18.5 Å². The predicted octanol–water partition coefficient (Wildman–Crippen LogP) is 2.36. The topological polar surface area (TPSA) is 67.9 Å². The number of amides is 3. The maximum Gasteiger partial charge on any atom is 0.317 e. The Balaban J connectivity index is 1.20. The molecule has 2 heterocycles. The van der Waals surface area contributed by atoms with Crippen LogP contribution < -0.4 is 10.6 Å². The van der Waals surface area contributed by atoms with Crippen LogP contribution >= 0.6 is 0 Å². The van der Waals surface area contributed by atoms with Gasteiger partial charge in [-0.15, -0.1) is 0 Å². The minimum Gasteiger partial charge on any atom is -0.338 e. The van der Waals surface area contributed by atoms with E-state index in [4.69, 9.17) is 0 Å². The Morgan fingerprint density at radius 1 is 0.839 bits per heavy atom. The molecule has 2 fully saturated rings. The lowest BCUT2D eigenvalue weighted by molar-refractivity contribution is -0.116. The highest BCUT2D eigenvalue weighted by Crippen LogP contribution is 2.14. The van der Waals surface area contributed by atoms with Crippen LogP contribution in [0, 0.1) is 0 Å². The molecule has 0 aliphatic carbocycles. The SMILES string of the molecule is O=C(CN1CCCNC1=O)Nc1ccc(CN2CCN(Cc3ccccc3)CC2)cc1. The van der Waals surface area contributed by atoms with Crippen LogP contribution in [-0.4, -0.2) is 72.5 Å². The van der Waals surface area contributed by atoms with Crippen molar-refractivity contribution < 1.29 is 9.59 Å². The molecule has 2 saturated heterocycles. The van der Waals surface area contributed by atoms with Gasteiger partial charge in [0.2, 0.25) is 5.91 Å². The molecule has 2 aromatic rings. The lowest BCUT2D eigenvalue weighted by Gasteiger charge is -2.34. The third-order valence-electron chi connectivity index (χ3n) is 5.86. The Kier molecular flexibility index (Phi) is 7.17. The third kappa shape index (κ3) is 6.29. The largest absolute Gasteiger partial charge is 0.338 e. The lowest BCUT2D eigenvalue weighted by Crippen LogP contribution is -2.49. The summed E-state index contributed by atoms with van der Waals surface area (Å²) in [7, 11) is 0. The molecule has 0 unspecified atom stereocenters. The Hall–Kier alpha value is -2.90. The van der Waals surface area contributed by atoms with Crippen molar-refractivity contribution in [2.75, 3.05) is 51.1 Å². The number of piperazine rings is 1. The van der Waals surface area contributed by atoms with E-state index >= 15 is 0 Å². The van der Waals surface area contributed by atoms with Crippen molar-refractivity contribution in [2.45, 2.75) is 19.5 Å². The molecule has 0 atom stereocenters. The minimum atomic E-state index is -0.167. The number of carbonyl (C=O) groups excluding carboxylic acids is 2. The molecular weight excluding hydrogens is 390 g/mol. The fourth-order valence-corrected chi connectivity index (χ4v) is 4.10. The van der Waals surface area contributed by atoms with Crippen molar-refractivity contribution in [3.05, 3.63) is 65.7 Å². The zero-order valence-corrected chi connectivity index (χ0v) is 17.9. The summed E-state index contributed by atoms with van der Waals surface area (Å²) in [5.41, 5.74) is 3.37. The van der Waals surface area contributed by atoms with E-state index in [1.807, 2.05) is 12.1 Å². The molecule has 31 heavy (non-hydrogen) atoms. The fraction of sp³-hybridized carbons (Fsp3) is 0.417. The van der Waals surface area contributed by atoms with Gasteiger partial charge in [0, 0.05) is 58.0 Å². The lowest BCUT2D eigenvalue weighted by atomic mass is 10.1. The molecule has 7 nitrogen and oxygen atoms in total. The van der Waals surface area contributed by atoms with E-state index in [1.165, 1.54) is 11.1 Å². The number of benzene rings is 2. The van der Waals surface area contributed by atoms with E-state index < -0.39 is 0 Å². The number of nitrogens with one attached hydrogen (secondary N) is 2. The second kappa shape index (κ2) is 10.4. The summed E-state index contributed by atoms with van der Waals surface area (Å²) in [4.78, 5) is 30.5. The number of urea groups is 1. The van der Waals surface area contributed by atoms with Gasteiger partial charge in [0.15, 0.2) is 0 Å². The van der Waals surface area contributed by atoms with Gasteiger partial charge in [-0.05, 0) is 29.7 Å². The summed E-state index contributed by atoms with van der Waals surface area (Å²) >= 11 is 0. The fourth-order valence-electron chi connectivity index (χ4n) is 4.10. The normalized spacial score (nSPS) is 17.9. The maximum atomic E-state index is 12.2. The van der Waals surface area contributed by atoms with E-state index in [9.17, 15) is 9.59 Å². The van der Waals surface area contributed by atoms with Crippen molar-refractivity contribution in [1.82, 2.24) is 20.0 Å². The first kappa shape index (κ1) is 21.3. The molecule has 4 rings (SSSR count). The van der Waals surface area contributed by atoms with Crippen molar-refractivity contribution in [1.29, 1.82) is 0 Å². The predicted molar refractivity (Wildman–Crippen MR) is 122 cm³/mol. The summed E-state index contributed by atoms with van der Waals surface area (Å²) in [6, 6.07) is 18.5. The molecule has 3 amide bonds. The third-order valence-corrected chi connectivity index (χ3v) is 5.86. The molecule has 7 heteroatoms. The molecule has 0 radical (unpaired) electrons. The molecular formula is C24H31N5O2. The van der Waals surface area contributed by atoms with Crippen molar-refractivity contribution in [3.63, 3.8) is 0 Å². The van der Waals surface area contributed by atoms with Crippen LogP contribution in [0.5, 0.6) is 0 Å². The molecule has 0 saturated carbocycles. The van der Waals surface area contributed by atoms with E-state index in [1.54, 1.807) is 4.90 Å². The van der Waals surface area contributed by atoms with Gasteiger partial charge in [-0.1, -0.05) is 42.5 Å². The highest BCUT2D eigenvalue weighted by atomic mass is 16.2. The van der Waals surface area contributed by atoms with Crippen LogP contribution in [0.1, 0.15) is 17.5 Å². The maximum absolute atomic E-state index is 12.2. The standard InChI is InChI=1S/C24H31N5O2/c30-23(19-29-12-4-11-25-24(29)31)26-22-9-7-21(8-10-22)18-28-15-13-27(14-16-28)17-20-5-2-1-3-6-20/h1-3,5-10H,4,11-19H2,(H,25,31)(H,26,30). The van der Waals surface area contributed by atoms with Gasteiger partial charge in [0.1, 0.15) is 6.54 Å². The number of carbonyl (C=O) groups is 2. The summed E-state index contributed by atoms with van der Waals surface area (Å²) in [6.45, 7) is 7.59. The second-order valence-electron chi connectivity index (χ2n) is 8.29. The number of anilines is 1. The minimum absolute atomic E-state index is 0.0842. The smallest absolute Gasteiger partial charge is 0.317 e. The number of hydrogen-bond donors (Lipinski definition) is 2. The first-order valence-electron chi connectivity index (χ1n) is 11.1. The molecule has 0 bridgehead atoms. The van der Waals surface area contributed by atoms with Crippen LogP contribution in [0.4, 0.5) is 10.5 Å². The van der Waals surface area contributed by atoms with Crippen molar-refractivity contribution >= 4 is 17.6 Å². The molecule has 0 spiro atoms. The summed E-state index contributed by atoms with van der Waals surface area (Å²) in [5.74, 6) is -0.167. The van der Waals surface area contributed by atoms with Crippen molar-refractivity contribution in [2.24, 2.45) is 0 Å². The zero-order chi connectivity index (χ0) is 21.5. The van der Waals surface area contributed by atoms with Crippen LogP contribution in [0.2, 0.25) is 0 Å². The second-order valence-corrected chi connectivity index (χ2v) is 8.29. The molecule has 2 N–H and O–H groups in total. The monoisotopic (exact) mass is 421 g/mol. The average Bonchev–Trinajstić information content (AvgIpc) is 2.79. The van der Waals surface area contributed by atoms with Gasteiger partial charge in [0.05, 0.1) is 0 Å². The summed E-state index contributed by atoms with van der Waals surface area (Å²) < 4.78 is 0. The van der Waals surface area contributed by atoms with Crippen LogP contribution in [0.3, 0.4) is 0 Å². The van der Waals surface area contributed by atoms with Gasteiger partial charge in [0.25, 0.3) is 0 Å². The molecule has 0 aromatic heterocycles. The first-order chi connectivity index (χ1) is 15.2. The number of hydrogen-bond acceptors (Lipinski definition) is 4. The zero-order valence-electron chi connectivity index (χ0n) is 17.9. The Morgan fingerprint density at radius 3 is 2.06 bits per heavy atom. The van der Waals surface area contributed by atoms with Crippen LogP contribution in [-0.2, 0) is 17.9 Å². The quantitative estimate of drug-likeness (QED) is 0.720. The molecule has 2 aromatic carbocycles. The number of nitrogens with zero attached hydrogens (tertiary/aromatic N) is 3. The summed E-state index contributed by atoms with van der Waals surface area (Å²) in [5, 5.41) is 5.65. The molecule has 2 aliphatic rings. The van der Waals surface area contributed by atoms with Gasteiger partial charge < -0.3 is 15.5 Å². The van der Waals surface area contributed by atoms with Crippen molar-refractivity contribution in [3.8, 4) is 0 Å². The first-order valence-corrected chi connectivity index (χ1v) is 11.1. The van der Waals surface area contributed by atoms with Crippen LogP contribution in [0.15, 0.2) is 54.6 Å². The Morgan fingerprint density at radius 2 is 1.45 bits per heavy atom. The van der Waals surface area contributed by atoms with Gasteiger partial charge >= 0.3 is 6.03 Å². The highest BCUT2D eigenvalue weighted by Gasteiger charge is 2.20. The van der Waals surface area contributed by atoms with Gasteiger partial charge in [-0.3, -0.25) is 14.6 Å². The molecule has 2 aliphatic heterocycles. The van der Waals surface area contributed by atoms with Crippen LogP contribution in [0.25, 0.3) is 0 Å². The highest BCUT2D eigenvalue weighted by molar-refractivity contribution is 5.94.